The molecule has 0 spiro atoms. The van der Waals surface area contributed by atoms with Crippen LogP contribution in [0.4, 0.5) is 0 Å². The Bertz CT molecular complexity index is 325. The average Bonchev–Trinajstić information content (AvgIpc) is 2.09. The molecule has 0 nitrogen and oxygen atoms in total. The van der Waals surface area contributed by atoms with Crippen LogP contribution in [0, 0.1) is 19.5 Å². The first kappa shape index (κ1) is 13.7. The van der Waals surface area contributed by atoms with Crippen molar-refractivity contribution in [1.29, 1.82) is 0 Å². The molecule has 0 amide bonds. The van der Waals surface area contributed by atoms with Crippen molar-refractivity contribution in [3.63, 3.8) is 0 Å². The number of halogens is 2. The van der Waals surface area contributed by atoms with Crippen LogP contribution in [0.3, 0.4) is 0 Å². The quantitative estimate of drug-likeness (QED) is 0.570. The van der Waals surface area contributed by atoms with E-state index in [0.29, 0.717) is 5.41 Å². The summed E-state index contributed by atoms with van der Waals surface area (Å²) in [6.07, 6.45) is 2.44. The molecule has 84 valence electrons. The van der Waals surface area contributed by atoms with Crippen LogP contribution in [-0.2, 0) is 6.42 Å². The summed E-state index contributed by atoms with van der Waals surface area (Å²) < 4.78 is 2.78. The molecular weight excluding hydrogens is 410 g/mol. The van der Waals surface area contributed by atoms with Crippen LogP contribution < -0.4 is 0 Å². The van der Waals surface area contributed by atoms with Crippen molar-refractivity contribution in [2.24, 2.45) is 5.41 Å². The summed E-state index contributed by atoms with van der Waals surface area (Å²) in [5, 5.41) is 0. The molecule has 0 atom stereocenters. The Morgan fingerprint density at radius 1 is 1.07 bits per heavy atom. The monoisotopic (exact) mass is 428 g/mol. The van der Waals surface area contributed by atoms with Gasteiger partial charge in [-0.15, -0.1) is 0 Å². The molecule has 15 heavy (non-hydrogen) atoms. The Hall–Kier alpha value is 0.680. The highest BCUT2D eigenvalue weighted by molar-refractivity contribution is 14.1. The molecule has 0 unspecified atom stereocenters. The van der Waals surface area contributed by atoms with Crippen molar-refractivity contribution in [1.82, 2.24) is 0 Å². The largest absolute Gasteiger partial charge is 0.0602 e. The minimum atomic E-state index is 0.432. The molecule has 0 N–H and O–H groups in total. The highest BCUT2D eigenvalue weighted by Crippen LogP contribution is 2.25. The molecule has 0 heterocycles. The van der Waals surface area contributed by atoms with Crippen LogP contribution in [0.2, 0.25) is 0 Å². The zero-order valence-corrected chi connectivity index (χ0v) is 14.1. The highest BCUT2D eigenvalue weighted by Gasteiger charge is 2.11. The van der Waals surface area contributed by atoms with Crippen molar-refractivity contribution < 1.29 is 0 Å². The summed E-state index contributed by atoms with van der Waals surface area (Å²) in [6.45, 7) is 9.10. The van der Waals surface area contributed by atoms with Gasteiger partial charge in [-0.3, -0.25) is 0 Å². The zero-order valence-electron chi connectivity index (χ0n) is 9.82. The van der Waals surface area contributed by atoms with Crippen molar-refractivity contribution in [3.05, 3.63) is 30.4 Å². The number of hydrogen-bond acceptors (Lipinski definition) is 0. The Morgan fingerprint density at radius 3 is 1.93 bits per heavy atom. The fourth-order valence-corrected chi connectivity index (χ4v) is 3.26. The van der Waals surface area contributed by atoms with Gasteiger partial charge in [0.15, 0.2) is 0 Å². The summed E-state index contributed by atoms with van der Waals surface area (Å²) in [5.41, 5.74) is 3.32. The van der Waals surface area contributed by atoms with Gasteiger partial charge in [-0.05, 0) is 93.6 Å². The normalized spacial score (nSPS) is 11.9. The van der Waals surface area contributed by atoms with Crippen LogP contribution in [0.25, 0.3) is 0 Å². The smallest absolute Gasteiger partial charge is 0.0172 e. The maximum atomic E-state index is 2.43. The number of aryl methyl sites for hydroxylation is 1. The van der Waals surface area contributed by atoms with Gasteiger partial charge in [0.2, 0.25) is 0 Å². The first-order valence-corrected chi connectivity index (χ1v) is 7.40. The van der Waals surface area contributed by atoms with Gasteiger partial charge in [0.25, 0.3) is 0 Å². The number of rotatable bonds is 2. The van der Waals surface area contributed by atoms with E-state index in [1.54, 1.807) is 0 Å². The zero-order chi connectivity index (χ0) is 11.6. The molecule has 0 fully saturated rings. The minimum absolute atomic E-state index is 0.432. The van der Waals surface area contributed by atoms with Crippen LogP contribution in [0.1, 0.15) is 38.3 Å². The molecule has 0 aliphatic rings. The Labute approximate surface area is 121 Å². The molecule has 1 aromatic carbocycles. The van der Waals surface area contributed by atoms with E-state index in [4.69, 9.17) is 0 Å². The second-order valence-electron chi connectivity index (χ2n) is 5.25. The van der Waals surface area contributed by atoms with E-state index in [-0.39, 0.29) is 0 Å². The first-order chi connectivity index (χ1) is 6.79. The Balaban J connectivity index is 2.80. The molecule has 0 radical (unpaired) electrons. The number of hydrogen-bond donors (Lipinski definition) is 0. The first-order valence-electron chi connectivity index (χ1n) is 5.24. The summed E-state index contributed by atoms with van der Waals surface area (Å²) in [4.78, 5) is 0. The van der Waals surface area contributed by atoms with Gasteiger partial charge in [0.05, 0.1) is 0 Å². The summed E-state index contributed by atoms with van der Waals surface area (Å²) in [7, 11) is 0. The minimum Gasteiger partial charge on any atom is -0.0602 e. The van der Waals surface area contributed by atoms with Crippen molar-refractivity contribution in [3.8, 4) is 0 Å². The molecule has 0 aliphatic carbocycles. The number of benzene rings is 1. The van der Waals surface area contributed by atoms with E-state index in [1.165, 1.54) is 31.1 Å². The lowest BCUT2D eigenvalue weighted by Gasteiger charge is -2.18. The third kappa shape index (κ3) is 4.59. The van der Waals surface area contributed by atoms with Gasteiger partial charge >= 0.3 is 0 Å². The third-order valence-corrected chi connectivity index (χ3v) is 4.75. The lowest BCUT2D eigenvalue weighted by molar-refractivity contribution is 0.378. The van der Waals surface area contributed by atoms with Gasteiger partial charge < -0.3 is 0 Å². The fourth-order valence-electron chi connectivity index (χ4n) is 1.36. The van der Waals surface area contributed by atoms with E-state index in [0.717, 1.165) is 0 Å². The average molecular weight is 428 g/mol. The maximum absolute atomic E-state index is 2.43. The molecule has 2 heteroatoms. The summed E-state index contributed by atoms with van der Waals surface area (Å²) in [5.74, 6) is 0. The van der Waals surface area contributed by atoms with E-state index in [9.17, 15) is 0 Å². The standard InChI is InChI=1S/C13H18I2/c1-9-11(14)7-10(8-12(9)15)5-6-13(2,3)4/h7-8H,5-6H2,1-4H3. The summed E-state index contributed by atoms with van der Waals surface area (Å²) >= 11 is 4.86. The van der Waals surface area contributed by atoms with Crippen molar-refractivity contribution in [2.45, 2.75) is 40.5 Å². The van der Waals surface area contributed by atoms with Gasteiger partial charge in [-0.1, -0.05) is 20.8 Å². The van der Waals surface area contributed by atoms with Crippen molar-refractivity contribution in [2.75, 3.05) is 0 Å². The van der Waals surface area contributed by atoms with Gasteiger partial charge in [0.1, 0.15) is 0 Å². The molecule has 0 aromatic heterocycles. The lowest BCUT2D eigenvalue weighted by Crippen LogP contribution is -2.06. The van der Waals surface area contributed by atoms with Crippen molar-refractivity contribution >= 4 is 45.2 Å². The van der Waals surface area contributed by atoms with Crippen LogP contribution in [0.5, 0.6) is 0 Å². The van der Waals surface area contributed by atoms with Gasteiger partial charge in [0, 0.05) is 7.14 Å². The molecule has 1 aromatic rings. The second-order valence-corrected chi connectivity index (χ2v) is 7.57. The molecule has 0 saturated heterocycles. The van der Waals surface area contributed by atoms with Gasteiger partial charge in [-0.25, -0.2) is 0 Å². The second kappa shape index (κ2) is 5.34. The highest BCUT2D eigenvalue weighted by atomic mass is 127. The fraction of sp³-hybridized carbons (Fsp3) is 0.538. The molecule has 0 bridgehead atoms. The molecule has 0 saturated carbocycles. The Kier molecular flexibility index (Phi) is 4.89. The predicted molar refractivity (Wildman–Crippen MR) is 84.4 cm³/mol. The predicted octanol–water partition coefficient (Wildman–Crippen LogP) is 5.18. The van der Waals surface area contributed by atoms with Gasteiger partial charge in [-0.2, -0.15) is 0 Å². The lowest BCUT2D eigenvalue weighted by atomic mass is 9.88. The maximum Gasteiger partial charge on any atom is 0.0172 e. The summed E-state index contributed by atoms with van der Waals surface area (Å²) in [6, 6.07) is 4.65. The van der Waals surface area contributed by atoms with Crippen LogP contribution in [0.15, 0.2) is 12.1 Å². The molecule has 1 rings (SSSR count). The van der Waals surface area contributed by atoms with Crippen LogP contribution in [-0.4, -0.2) is 0 Å². The SMILES string of the molecule is Cc1c(I)cc(CCC(C)(C)C)cc1I. The van der Waals surface area contributed by atoms with E-state index in [1.807, 2.05) is 0 Å². The third-order valence-electron chi connectivity index (χ3n) is 2.50. The van der Waals surface area contributed by atoms with E-state index < -0.39 is 0 Å². The van der Waals surface area contributed by atoms with Crippen LogP contribution >= 0.6 is 45.2 Å². The van der Waals surface area contributed by atoms with E-state index >= 15 is 0 Å². The molecular formula is C13H18I2. The topological polar surface area (TPSA) is 0 Å². The molecule has 0 aliphatic heterocycles. The Morgan fingerprint density at radius 2 is 1.53 bits per heavy atom. The van der Waals surface area contributed by atoms with E-state index in [2.05, 4.69) is 85.0 Å².